The Morgan fingerprint density at radius 3 is 2.02 bits per heavy atom. The lowest BCUT2D eigenvalue weighted by Gasteiger charge is -2.36. The van der Waals surface area contributed by atoms with Crippen molar-refractivity contribution in [2.75, 3.05) is 54.4 Å². The Kier molecular flexibility index (Phi) is 8.42. The van der Waals surface area contributed by atoms with Gasteiger partial charge in [0.05, 0.1) is 15.6 Å². The van der Waals surface area contributed by atoms with E-state index in [4.69, 9.17) is 23.2 Å². The molecule has 208 valence electrons. The molecule has 0 bridgehead atoms. The van der Waals surface area contributed by atoms with Crippen LogP contribution in [0.1, 0.15) is 40.0 Å². The van der Waals surface area contributed by atoms with E-state index >= 15 is 0 Å². The van der Waals surface area contributed by atoms with Gasteiger partial charge in [-0.05, 0) is 73.9 Å². The van der Waals surface area contributed by atoms with Crippen LogP contribution in [-0.4, -0.2) is 60.9 Å². The lowest BCUT2D eigenvalue weighted by molar-refractivity contribution is -0.384. The van der Waals surface area contributed by atoms with E-state index in [0.29, 0.717) is 53.2 Å². The molecule has 0 spiro atoms. The minimum absolute atomic E-state index is 0.0373. The van der Waals surface area contributed by atoms with Crippen molar-refractivity contribution < 1.29 is 14.5 Å². The highest BCUT2D eigenvalue weighted by Gasteiger charge is 2.25. The number of amides is 2. The maximum absolute atomic E-state index is 13.0. The molecule has 0 atom stereocenters. The molecule has 0 aliphatic carbocycles. The molecule has 2 fully saturated rings. The van der Waals surface area contributed by atoms with Crippen molar-refractivity contribution in [2.24, 2.45) is 0 Å². The molecular weight excluding hydrogens is 553 g/mol. The monoisotopic (exact) mass is 581 g/mol. The lowest BCUT2D eigenvalue weighted by Crippen LogP contribution is -2.48. The van der Waals surface area contributed by atoms with Gasteiger partial charge in [-0.25, -0.2) is 0 Å². The zero-order valence-corrected chi connectivity index (χ0v) is 23.3. The second-order valence-electron chi connectivity index (χ2n) is 9.91. The van der Waals surface area contributed by atoms with Crippen molar-refractivity contribution in [2.45, 2.75) is 19.3 Å². The summed E-state index contributed by atoms with van der Waals surface area (Å²) in [5.41, 5.74) is 2.56. The average molecular weight is 582 g/mol. The molecule has 2 amide bonds. The Hall–Kier alpha value is -3.82. The van der Waals surface area contributed by atoms with Gasteiger partial charge in [-0.2, -0.15) is 0 Å². The summed E-state index contributed by atoms with van der Waals surface area (Å²) in [7, 11) is 0. The molecule has 40 heavy (non-hydrogen) atoms. The van der Waals surface area contributed by atoms with Crippen molar-refractivity contribution in [1.29, 1.82) is 0 Å². The van der Waals surface area contributed by atoms with Gasteiger partial charge in [0.2, 0.25) is 0 Å². The van der Waals surface area contributed by atoms with Crippen molar-refractivity contribution in [3.8, 4) is 0 Å². The third kappa shape index (κ3) is 6.16. The van der Waals surface area contributed by atoms with Gasteiger partial charge in [0.1, 0.15) is 5.69 Å². The number of rotatable bonds is 6. The van der Waals surface area contributed by atoms with Gasteiger partial charge < -0.3 is 20.0 Å². The highest BCUT2D eigenvalue weighted by Crippen LogP contribution is 2.33. The van der Waals surface area contributed by atoms with Crippen molar-refractivity contribution in [3.63, 3.8) is 0 Å². The summed E-state index contributed by atoms with van der Waals surface area (Å²) in [6.45, 7) is 3.84. The van der Waals surface area contributed by atoms with Gasteiger partial charge in [0.25, 0.3) is 17.5 Å². The maximum Gasteiger partial charge on any atom is 0.293 e. The van der Waals surface area contributed by atoms with E-state index in [2.05, 4.69) is 10.2 Å². The molecule has 1 N–H and O–H groups in total. The van der Waals surface area contributed by atoms with Crippen molar-refractivity contribution in [3.05, 3.63) is 92.0 Å². The van der Waals surface area contributed by atoms with Gasteiger partial charge in [0.15, 0.2) is 0 Å². The van der Waals surface area contributed by atoms with Gasteiger partial charge in [-0.1, -0.05) is 23.2 Å². The van der Waals surface area contributed by atoms with Crippen LogP contribution in [-0.2, 0) is 0 Å². The first-order chi connectivity index (χ1) is 19.3. The van der Waals surface area contributed by atoms with Crippen LogP contribution in [0.25, 0.3) is 0 Å². The third-order valence-electron chi connectivity index (χ3n) is 7.34. The number of nitrogens with one attached hydrogen (secondary N) is 1. The molecule has 0 saturated carbocycles. The van der Waals surface area contributed by atoms with E-state index in [-0.39, 0.29) is 17.2 Å². The zero-order chi connectivity index (χ0) is 28.2. The number of nitro benzene ring substituents is 1. The Morgan fingerprint density at radius 1 is 0.750 bits per heavy atom. The number of piperidine rings is 1. The molecule has 5 rings (SSSR count). The van der Waals surface area contributed by atoms with Gasteiger partial charge >= 0.3 is 0 Å². The minimum Gasteiger partial charge on any atom is -0.367 e. The molecular formula is C29H29Cl2N5O4. The van der Waals surface area contributed by atoms with Crippen molar-refractivity contribution in [1.82, 2.24) is 4.90 Å². The molecule has 0 unspecified atom stereocenters. The third-order valence-corrected chi connectivity index (χ3v) is 7.89. The molecule has 3 aromatic rings. The number of piperazine rings is 1. The normalized spacial score (nSPS) is 15.6. The summed E-state index contributed by atoms with van der Waals surface area (Å²) in [6.07, 6.45) is 3.10. The van der Waals surface area contributed by atoms with Crippen LogP contribution in [0.4, 0.5) is 22.7 Å². The summed E-state index contributed by atoms with van der Waals surface area (Å²) in [6, 6.07) is 16.7. The molecule has 9 nitrogen and oxygen atoms in total. The molecule has 3 aromatic carbocycles. The Morgan fingerprint density at radius 2 is 1.38 bits per heavy atom. The molecule has 2 aliphatic rings. The Balaban J connectivity index is 1.22. The number of nitrogens with zero attached hydrogens (tertiary/aromatic N) is 4. The maximum atomic E-state index is 13.0. The number of hydrogen-bond acceptors (Lipinski definition) is 6. The first-order valence-corrected chi connectivity index (χ1v) is 14.0. The number of carbonyl (C=O) groups is 2. The minimum atomic E-state index is -0.452. The Bertz CT molecular complexity index is 1420. The Labute approximate surface area is 242 Å². The number of benzene rings is 3. The summed E-state index contributed by atoms with van der Waals surface area (Å²) >= 11 is 12.5. The van der Waals surface area contributed by atoms with Crippen LogP contribution in [0.15, 0.2) is 60.7 Å². The molecule has 0 radical (unpaired) electrons. The molecule has 11 heteroatoms. The fourth-order valence-corrected chi connectivity index (χ4v) is 5.61. The second-order valence-corrected chi connectivity index (χ2v) is 10.8. The first kappa shape index (κ1) is 27.7. The topological polar surface area (TPSA) is 99.0 Å². The van der Waals surface area contributed by atoms with Crippen LogP contribution in [0.2, 0.25) is 10.0 Å². The van der Waals surface area contributed by atoms with E-state index in [1.807, 2.05) is 11.0 Å². The zero-order valence-electron chi connectivity index (χ0n) is 21.8. The predicted octanol–water partition coefficient (Wildman–Crippen LogP) is 6.11. The van der Waals surface area contributed by atoms with E-state index in [1.165, 1.54) is 6.07 Å². The number of carbonyl (C=O) groups excluding carboxylic acids is 2. The van der Waals surface area contributed by atoms with E-state index in [1.54, 1.807) is 53.4 Å². The van der Waals surface area contributed by atoms with E-state index in [0.717, 1.165) is 38.0 Å². The molecule has 2 heterocycles. The largest absolute Gasteiger partial charge is 0.367 e. The lowest BCUT2D eigenvalue weighted by atomic mass is 10.1. The molecule has 2 aliphatic heterocycles. The highest BCUT2D eigenvalue weighted by atomic mass is 35.5. The fourth-order valence-electron chi connectivity index (χ4n) is 5.18. The predicted molar refractivity (Wildman–Crippen MR) is 158 cm³/mol. The first-order valence-electron chi connectivity index (χ1n) is 13.2. The highest BCUT2D eigenvalue weighted by molar-refractivity contribution is 6.33. The number of hydrogen-bond donors (Lipinski definition) is 1. The van der Waals surface area contributed by atoms with Crippen LogP contribution >= 0.6 is 23.2 Å². The summed E-state index contributed by atoms with van der Waals surface area (Å²) < 4.78 is 0. The fraction of sp³-hybridized carbons (Fsp3) is 0.310. The van der Waals surface area contributed by atoms with Gasteiger partial charge in [0, 0.05) is 67.2 Å². The van der Waals surface area contributed by atoms with Crippen LogP contribution in [0.3, 0.4) is 0 Å². The van der Waals surface area contributed by atoms with Crippen molar-refractivity contribution >= 4 is 57.8 Å². The molecule has 0 aromatic heterocycles. The molecule has 2 saturated heterocycles. The van der Waals surface area contributed by atoms with Gasteiger partial charge in [-0.3, -0.25) is 19.7 Å². The standard InChI is InChI=1S/C29H29Cl2N5O4/c30-22-7-4-20(5-8-22)29(38)35-16-14-34(15-17-35)25-11-9-23(19-24(25)31)32-28(37)21-6-10-26(27(18-21)36(39)40)33-12-2-1-3-13-33/h4-11,18-19H,1-3,12-17H2,(H,32,37). The van der Waals surface area contributed by atoms with Crippen LogP contribution in [0.5, 0.6) is 0 Å². The SMILES string of the molecule is O=C(Nc1ccc(N2CCN(C(=O)c3ccc(Cl)cc3)CC2)c(Cl)c1)c1ccc(N2CCCCC2)c([N+](=O)[O-])c1. The van der Waals surface area contributed by atoms with E-state index in [9.17, 15) is 19.7 Å². The quantitative estimate of drug-likeness (QED) is 0.278. The second kappa shape index (κ2) is 12.1. The average Bonchev–Trinajstić information content (AvgIpc) is 2.97. The smallest absolute Gasteiger partial charge is 0.293 e. The van der Waals surface area contributed by atoms with Crippen LogP contribution in [0, 0.1) is 10.1 Å². The van der Waals surface area contributed by atoms with Crippen LogP contribution < -0.4 is 15.1 Å². The summed E-state index contributed by atoms with van der Waals surface area (Å²) in [4.78, 5) is 43.0. The van der Waals surface area contributed by atoms with E-state index < -0.39 is 10.8 Å². The van der Waals surface area contributed by atoms with Gasteiger partial charge in [-0.15, -0.1) is 0 Å². The number of halogens is 2. The summed E-state index contributed by atoms with van der Waals surface area (Å²) in [5.74, 6) is -0.490. The number of nitro groups is 1. The number of anilines is 3. The summed E-state index contributed by atoms with van der Waals surface area (Å²) in [5, 5.41) is 15.6.